The Morgan fingerprint density at radius 3 is 2.43 bits per heavy atom. The average molecular weight is 350 g/mol. The molecule has 9 heteroatoms. The van der Waals surface area contributed by atoms with Gasteiger partial charge in [-0.1, -0.05) is 0 Å². The first-order valence-electron chi connectivity index (χ1n) is 7.77. The number of nitrogens with zero attached hydrogens (tertiary/aromatic N) is 3. The van der Waals surface area contributed by atoms with Crippen LogP contribution in [0.5, 0.6) is 0 Å². The fraction of sp³-hybridized carbons (Fsp3) is 0.929. The Balaban J connectivity index is 2.37. The Morgan fingerprint density at radius 1 is 1.30 bits per heavy atom. The minimum absolute atomic E-state index is 0.0887. The molecule has 1 aliphatic heterocycles. The summed E-state index contributed by atoms with van der Waals surface area (Å²) in [4.78, 5) is 15.6. The van der Waals surface area contributed by atoms with Crippen LogP contribution in [-0.4, -0.2) is 87.6 Å². The smallest absolute Gasteiger partial charge is 0.410 e. The zero-order chi connectivity index (χ0) is 17.8. The lowest BCUT2D eigenvalue weighted by atomic mass is 10.2. The van der Waals surface area contributed by atoms with Gasteiger partial charge >= 0.3 is 6.09 Å². The summed E-state index contributed by atoms with van der Waals surface area (Å²) in [5.41, 5.74) is -0.505. The molecule has 8 nitrogen and oxygen atoms in total. The second-order valence-corrected chi connectivity index (χ2v) is 9.01. The van der Waals surface area contributed by atoms with Gasteiger partial charge in [0.2, 0.25) is 0 Å². The van der Waals surface area contributed by atoms with Crippen molar-refractivity contribution in [3.05, 3.63) is 0 Å². The van der Waals surface area contributed by atoms with Gasteiger partial charge in [-0.3, -0.25) is 4.90 Å². The van der Waals surface area contributed by atoms with E-state index in [0.717, 1.165) is 13.0 Å². The van der Waals surface area contributed by atoms with Crippen molar-refractivity contribution in [3.63, 3.8) is 0 Å². The molecule has 1 aliphatic rings. The quantitative estimate of drug-likeness (QED) is 0.746. The van der Waals surface area contributed by atoms with Crippen molar-refractivity contribution in [2.45, 2.75) is 38.8 Å². The highest BCUT2D eigenvalue weighted by Crippen LogP contribution is 2.12. The average Bonchev–Trinajstić information content (AvgIpc) is 2.80. The number of amides is 1. The molecule has 136 valence electrons. The van der Waals surface area contributed by atoms with Gasteiger partial charge in [0.05, 0.1) is 0 Å². The standard InChI is InChI=1S/C14H30N4O4S/c1-14(2,3)22-13(19)17(6)9-10-18-8-7-12(11-18)15-23(20,21)16(4)5/h12,15H,7-11H2,1-6H3/t12-/m1/s1. The maximum atomic E-state index is 11.9. The number of likely N-dealkylation sites (N-methyl/N-ethyl adjacent to an activating group) is 1. The first-order chi connectivity index (χ1) is 10.4. The number of carbonyl (C=O) groups is 1. The summed E-state index contributed by atoms with van der Waals surface area (Å²) in [5.74, 6) is 0. The fourth-order valence-electron chi connectivity index (χ4n) is 2.17. The van der Waals surface area contributed by atoms with Crippen LogP contribution in [0, 0.1) is 0 Å². The number of nitrogens with one attached hydrogen (secondary N) is 1. The summed E-state index contributed by atoms with van der Waals surface area (Å²) in [6.45, 7) is 8.19. The summed E-state index contributed by atoms with van der Waals surface area (Å²) < 4.78 is 32.8. The first kappa shape index (κ1) is 20.1. The topological polar surface area (TPSA) is 82.2 Å². The molecule has 0 radical (unpaired) electrons. The molecular formula is C14H30N4O4S. The summed E-state index contributed by atoms with van der Waals surface area (Å²) in [7, 11) is 1.32. The molecule has 0 saturated carbocycles. The molecule has 0 unspecified atom stereocenters. The van der Waals surface area contributed by atoms with Crippen LogP contribution in [0.2, 0.25) is 0 Å². The molecule has 1 saturated heterocycles. The molecule has 0 aliphatic carbocycles. The number of hydrogen-bond donors (Lipinski definition) is 1. The summed E-state index contributed by atoms with van der Waals surface area (Å²) in [6.07, 6.45) is 0.421. The van der Waals surface area contributed by atoms with Crippen LogP contribution in [0.4, 0.5) is 4.79 Å². The third-order valence-corrected chi connectivity index (χ3v) is 5.12. The van der Waals surface area contributed by atoms with Crippen LogP contribution in [0.3, 0.4) is 0 Å². The SMILES string of the molecule is CN(CCN1CC[C@@H](NS(=O)(=O)N(C)C)C1)C(=O)OC(C)(C)C. The molecular weight excluding hydrogens is 320 g/mol. The Hall–Kier alpha value is -0.900. The molecule has 1 heterocycles. The molecule has 1 amide bonds. The lowest BCUT2D eigenvalue weighted by molar-refractivity contribution is 0.0286. The van der Waals surface area contributed by atoms with Crippen molar-refractivity contribution in [1.82, 2.24) is 18.8 Å². The normalized spacial score (nSPS) is 20.0. The van der Waals surface area contributed by atoms with E-state index < -0.39 is 15.8 Å². The molecule has 0 bridgehead atoms. The molecule has 0 spiro atoms. The van der Waals surface area contributed by atoms with Gasteiger partial charge in [0.25, 0.3) is 10.2 Å². The highest BCUT2D eigenvalue weighted by molar-refractivity contribution is 7.87. The summed E-state index contributed by atoms with van der Waals surface area (Å²) in [6, 6.07) is -0.0887. The summed E-state index contributed by atoms with van der Waals surface area (Å²) in [5, 5.41) is 0. The van der Waals surface area contributed by atoms with Crippen LogP contribution in [-0.2, 0) is 14.9 Å². The van der Waals surface area contributed by atoms with Crippen molar-refractivity contribution in [3.8, 4) is 0 Å². The predicted molar refractivity (Wildman–Crippen MR) is 89.5 cm³/mol. The van der Waals surface area contributed by atoms with Crippen molar-refractivity contribution < 1.29 is 17.9 Å². The van der Waals surface area contributed by atoms with E-state index in [1.54, 1.807) is 11.9 Å². The van der Waals surface area contributed by atoms with Gasteiger partial charge in [-0.15, -0.1) is 0 Å². The van der Waals surface area contributed by atoms with Crippen molar-refractivity contribution >= 4 is 16.3 Å². The second-order valence-electron chi connectivity index (χ2n) is 7.09. The minimum Gasteiger partial charge on any atom is -0.444 e. The van der Waals surface area contributed by atoms with Crippen molar-refractivity contribution in [1.29, 1.82) is 0 Å². The molecule has 0 aromatic carbocycles. The molecule has 1 N–H and O–H groups in total. The molecule has 1 atom stereocenters. The van der Waals surface area contributed by atoms with E-state index in [0.29, 0.717) is 19.6 Å². The number of likely N-dealkylation sites (tertiary alicyclic amines) is 1. The van der Waals surface area contributed by atoms with E-state index in [-0.39, 0.29) is 12.1 Å². The van der Waals surface area contributed by atoms with Crippen LogP contribution >= 0.6 is 0 Å². The molecule has 23 heavy (non-hydrogen) atoms. The number of ether oxygens (including phenoxy) is 1. The lowest BCUT2D eigenvalue weighted by Crippen LogP contribution is -2.44. The van der Waals surface area contributed by atoms with Crippen molar-refractivity contribution in [2.24, 2.45) is 0 Å². The van der Waals surface area contributed by atoms with E-state index in [4.69, 9.17) is 4.74 Å². The summed E-state index contributed by atoms with van der Waals surface area (Å²) >= 11 is 0. The maximum absolute atomic E-state index is 11.9. The fourth-order valence-corrected chi connectivity index (χ4v) is 2.99. The van der Waals surface area contributed by atoms with E-state index in [1.807, 2.05) is 20.8 Å². The number of rotatable bonds is 6. The first-order valence-corrected chi connectivity index (χ1v) is 9.21. The maximum Gasteiger partial charge on any atom is 0.410 e. The zero-order valence-electron chi connectivity index (χ0n) is 15.0. The predicted octanol–water partition coefficient (Wildman–Crippen LogP) is 0.324. The Labute approximate surface area is 139 Å². The van der Waals surface area contributed by atoms with Crippen LogP contribution in [0.25, 0.3) is 0 Å². The largest absolute Gasteiger partial charge is 0.444 e. The van der Waals surface area contributed by atoms with Crippen LogP contribution < -0.4 is 4.72 Å². The van der Waals surface area contributed by atoms with Gasteiger partial charge in [-0.2, -0.15) is 17.4 Å². The minimum atomic E-state index is -3.40. The molecule has 0 aromatic heterocycles. The monoisotopic (exact) mass is 350 g/mol. The van der Waals surface area contributed by atoms with E-state index in [9.17, 15) is 13.2 Å². The third kappa shape index (κ3) is 7.03. The Morgan fingerprint density at radius 2 is 1.91 bits per heavy atom. The second kappa shape index (κ2) is 7.78. The van der Waals surface area contributed by atoms with Gasteiger partial charge in [0.1, 0.15) is 5.60 Å². The van der Waals surface area contributed by atoms with Gasteiger partial charge in [-0.05, 0) is 33.7 Å². The highest BCUT2D eigenvalue weighted by Gasteiger charge is 2.28. The van der Waals surface area contributed by atoms with Crippen LogP contribution in [0.15, 0.2) is 0 Å². The molecule has 1 fully saturated rings. The zero-order valence-corrected chi connectivity index (χ0v) is 15.8. The molecule has 1 rings (SSSR count). The lowest BCUT2D eigenvalue weighted by Gasteiger charge is -2.26. The molecule has 0 aromatic rings. The van der Waals surface area contributed by atoms with Gasteiger partial charge in [0, 0.05) is 46.8 Å². The number of carbonyl (C=O) groups excluding carboxylic acids is 1. The van der Waals surface area contributed by atoms with Gasteiger partial charge < -0.3 is 9.64 Å². The Bertz CT molecular complexity index is 501. The highest BCUT2D eigenvalue weighted by atomic mass is 32.2. The van der Waals surface area contributed by atoms with Crippen molar-refractivity contribution in [2.75, 3.05) is 47.3 Å². The van der Waals surface area contributed by atoms with E-state index >= 15 is 0 Å². The van der Waals surface area contributed by atoms with Gasteiger partial charge in [0.15, 0.2) is 0 Å². The Kier molecular flexibility index (Phi) is 6.81. The number of hydrogen-bond acceptors (Lipinski definition) is 5. The third-order valence-electron chi connectivity index (χ3n) is 3.53. The van der Waals surface area contributed by atoms with E-state index in [2.05, 4.69) is 9.62 Å². The van der Waals surface area contributed by atoms with E-state index in [1.165, 1.54) is 18.4 Å². The van der Waals surface area contributed by atoms with Gasteiger partial charge in [-0.25, -0.2) is 4.79 Å². The van der Waals surface area contributed by atoms with Crippen LogP contribution in [0.1, 0.15) is 27.2 Å².